The van der Waals surface area contributed by atoms with Gasteiger partial charge >= 0.3 is 0 Å². The second-order valence-electron chi connectivity index (χ2n) is 4.20. The Morgan fingerprint density at radius 2 is 2.06 bits per heavy atom. The van der Waals surface area contributed by atoms with E-state index in [9.17, 15) is 4.39 Å². The highest BCUT2D eigenvalue weighted by atomic mass is 19.1. The lowest BCUT2D eigenvalue weighted by atomic mass is 10.1. The molecule has 1 aromatic carbocycles. The number of rotatable bonds is 5. The van der Waals surface area contributed by atoms with Crippen LogP contribution in [0.15, 0.2) is 42.6 Å². The lowest BCUT2D eigenvalue weighted by Crippen LogP contribution is -2.15. The first-order valence-electron chi connectivity index (χ1n) is 6.17. The first-order valence-corrected chi connectivity index (χ1v) is 6.17. The second-order valence-corrected chi connectivity index (χ2v) is 4.20. The number of benzene rings is 1. The summed E-state index contributed by atoms with van der Waals surface area (Å²) in [6, 6.07) is 10.7. The van der Waals surface area contributed by atoms with Crippen LogP contribution in [0.5, 0.6) is 0 Å². The Hall–Kier alpha value is -1.74. The minimum Gasteiger partial charge on any atom is -0.307 e. The summed E-state index contributed by atoms with van der Waals surface area (Å²) in [5.74, 6) is -0.193. The molecule has 3 heteroatoms. The van der Waals surface area contributed by atoms with E-state index in [4.69, 9.17) is 0 Å². The van der Waals surface area contributed by atoms with Crippen LogP contribution >= 0.6 is 0 Å². The van der Waals surface area contributed by atoms with Gasteiger partial charge in [0.25, 0.3) is 0 Å². The molecule has 1 aromatic heterocycles. The van der Waals surface area contributed by atoms with Crippen LogP contribution in [0.1, 0.15) is 23.7 Å². The van der Waals surface area contributed by atoms with E-state index in [0.29, 0.717) is 13.1 Å². The molecule has 0 saturated carbocycles. The van der Waals surface area contributed by atoms with Crippen molar-refractivity contribution < 1.29 is 4.39 Å². The predicted octanol–water partition coefficient (Wildman–Crippen LogP) is 3.07. The molecule has 0 spiro atoms. The zero-order valence-corrected chi connectivity index (χ0v) is 10.5. The van der Waals surface area contributed by atoms with E-state index in [0.717, 1.165) is 17.7 Å². The predicted molar refractivity (Wildman–Crippen MR) is 70.6 cm³/mol. The highest BCUT2D eigenvalue weighted by molar-refractivity contribution is 5.20. The van der Waals surface area contributed by atoms with Crippen molar-refractivity contribution in [2.75, 3.05) is 0 Å². The Morgan fingerprint density at radius 1 is 1.17 bits per heavy atom. The molecular weight excluding hydrogens is 227 g/mol. The minimum absolute atomic E-state index is 0.193. The van der Waals surface area contributed by atoms with Crippen molar-refractivity contribution in [2.45, 2.75) is 26.4 Å². The van der Waals surface area contributed by atoms with Crippen LogP contribution in [-0.2, 0) is 19.5 Å². The fourth-order valence-electron chi connectivity index (χ4n) is 1.92. The molecule has 1 N–H and O–H groups in total. The molecule has 0 atom stereocenters. The van der Waals surface area contributed by atoms with Crippen molar-refractivity contribution in [1.82, 2.24) is 10.3 Å². The van der Waals surface area contributed by atoms with E-state index in [1.165, 1.54) is 11.6 Å². The van der Waals surface area contributed by atoms with Gasteiger partial charge in [-0.3, -0.25) is 4.98 Å². The van der Waals surface area contributed by atoms with E-state index in [-0.39, 0.29) is 5.82 Å². The van der Waals surface area contributed by atoms with E-state index >= 15 is 0 Å². The van der Waals surface area contributed by atoms with Gasteiger partial charge in [-0.05, 0) is 35.7 Å². The van der Waals surface area contributed by atoms with Crippen LogP contribution in [0, 0.1) is 5.82 Å². The fourth-order valence-corrected chi connectivity index (χ4v) is 1.92. The molecule has 2 nitrogen and oxygen atoms in total. The molecule has 0 radical (unpaired) electrons. The monoisotopic (exact) mass is 244 g/mol. The number of nitrogens with zero attached hydrogens (tertiary/aromatic N) is 1. The number of pyridine rings is 1. The SMILES string of the molecule is CCc1cccnc1CNCc1cccc(F)c1. The normalized spacial score (nSPS) is 10.6. The Morgan fingerprint density at radius 3 is 2.83 bits per heavy atom. The zero-order valence-electron chi connectivity index (χ0n) is 10.5. The third kappa shape index (κ3) is 3.37. The molecule has 2 aromatic rings. The maximum absolute atomic E-state index is 13.0. The molecule has 94 valence electrons. The van der Waals surface area contributed by atoms with E-state index in [1.807, 2.05) is 12.1 Å². The van der Waals surface area contributed by atoms with Crippen LogP contribution in [0.2, 0.25) is 0 Å². The summed E-state index contributed by atoms with van der Waals surface area (Å²) < 4.78 is 13.0. The number of hydrogen-bond acceptors (Lipinski definition) is 2. The summed E-state index contributed by atoms with van der Waals surface area (Å²) in [6.45, 7) is 3.48. The topological polar surface area (TPSA) is 24.9 Å². The van der Waals surface area contributed by atoms with Gasteiger partial charge in [0.15, 0.2) is 0 Å². The van der Waals surface area contributed by atoms with Gasteiger partial charge < -0.3 is 5.32 Å². The average molecular weight is 244 g/mol. The Bertz CT molecular complexity index is 511. The summed E-state index contributed by atoms with van der Waals surface area (Å²) in [5, 5.41) is 3.29. The standard InChI is InChI=1S/C15H17FN2/c1-2-13-6-4-8-18-15(13)11-17-10-12-5-3-7-14(16)9-12/h3-9,17H,2,10-11H2,1H3. The van der Waals surface area contributed by atoms with Gasteiger partial charge in [0.2, 0.25) is 0 Å². The van der Waals surface area contributed by atoms with Crippen LogP contribution < -0.4 is 5.32 Å². The lowest BCUT2D eigenvalue weighted by Gasteiger charge is -2.08. The fraction of sp³-hybridized carbons (Fsp3) is 0.267. The van der Waals surface area contributed by atoms with Crippen LogP contribution in [0.4, 0.5) is 4.39 Å². The third-order valence-corrected chi connectivity index (χ3v) is 2.88. The van der Waals surface area contributed by atoms with Crippen molar-refractivity contribution in [3.8, 4) is 0 Å². The van der Waals surface area contributed by atoms with Crippen molar-refractivity contribution in [3.63, 3.8) is 0 Å². The molecular formula is C15H17FN2. The van der Waals surface area contributed by atoms with Crippen molar-refractivity contribution in [3.05, 3.63) is 65.2 Å². The van der Waals surface area contributed by atoms with Crippen LogP contribution in [0.3, 0.4) is 0 Å². The number of hydrogen-bond donors (Lipinski definition) is 1. The number of aromatic nitrogens is 1. The van der Waals surface area contributed by atoms with Crippen molar-refractivity contribution in [1.29, 1.82) is 0 Å². The summed E-state index contributed by atoms with van der Waals surface area (Å²) in [5.41, 5.74) is 3.27. The molecule has 0 saturated heterocycles. The first-order chi connectivity index (χ1) is 8.79. The van der Waals surface area contributed by atoms with E-state index < -0.39 is 0 Å². The maximum Gasteiger partial charge on any atom is 0.123 e. The third-order valence-electron chi connectivity index (χ3n) is 2.88. The molecule has 0 bridgehead atoms. The smallest absolute Gasteiger partial charge is 0.123 e. The Balaban J connectivity index is 1.92. The molecule has 18 heavy (non-hydrogen) atoms. The lowest BCUT2D eigenvalue weighted by molar-refractivity contribution is 0.618. The summed E-state index contributed by atoms with van der Waals surface area (Å²) in [6.07, 6.45) is 2.78. The number of aryl methyl sites for hydroxylation is 1. The van der Waals surface area contributed by atoms with Gasteiger partial charge in [-0.1, -0.05) is 25.1 Å². The van der Waals surface area contributed by atoms with Crippen molar-refractivity contribution in [2.24, 2.45) is 0 Å². The molecule has 0 fully saturated rings. The summed E-state index contributed by atoms with van der Waals surface area (Å²) >= 11 is 0. The van der Waals surface area contributed by atoms with Gasteiger partial charge in [0, 0.05) is 19.3 Å². The average Bonchev–Trinajstić information content (AvgIpc) is 2.39. The van der Waals surface area contributed by atoms with Crippen LogP contribution in [-0.4, -0.2) is 4.98 Å². The molecule has 0 unspecified atom stereocenters. The molecule has 1 heterocycles. The number of halogens is 1. The molecule has 2 rings (SSSR count). The van der Waals surface area contributed by atoms with Crippen LogP contribution in [0.25, 0.3) is 0 Å². The quantitative estimate of drug-likeness (QED) is 0.874. The number of nitrogens with one attached hydrogen (secondary N) is 1. The summed E-state index contributed by atoms with van der Waals surface area (Å²) in [4.78, 5) is 4.36. The molecule has 0 aliphatic heterocycles. The van der Waals surface area contributed by atoms with E-state index in [1.54, 1.807) is 18.3 Å². The van der Waals surface area contributed by atoms with Gasteiger partial charge in [-0.15, -0.1) is 0 Å². The highest BCUT2D eigenvalue weighted by Crippen LogP contribution is 2.07. The largest absolute Gasteiger partial charge is 0.307 e. The van der Waals surface area contributed by atoms with E-state index in [2.05, 4.69) is 23.3 Å². The molecule has 0 aliphatic rings. The molecule has 0 aliphatic carbocycles. The highest BCUT2D eigenvalue weighted by Gasteiger charge is 2.01. The Kier molecular flexibility index (Phi) is 4.42. The second kappa shape index (κ2) is 6.26. The van der Waals surface area contributed by atoms with Gasteiger partial charge in [0.05, 0.1) is 5.69 Å². The maximum atomic E-state index is 13.0. The molecule has 0 amide bonds. The van der Waals surface area contributed by atoms with Gasteiger partial charge in [-0.2, -0.15) is 0 Å². The zero-order chi connectivity index (χ0) is 12.8. The summed E-state index contributed by atoms with van der Waals surface area (Å²) in [7, 11) is 0. The Labute approximate surface area is 107 Å². The minimum atomic E-state index is -0.193. The van der Waals surface area contributed by atoms with Gasteiger partial charge in [-0.25, -0.2) is 4.39 Å². The van der Waals surface area contributed by atoms with Crippen molar-refractivity contribution >= 4 is 0 Å². The first kappa shape index (κ1) is 12.7. The van der Waals surface area contributed by atoms with Gasteiger partial charge in [0.1, 0.15) is 5.82 Å².